The largest absolute Gasteiger partial charge is 0.508 e. The number of carbonyl (C=O) groups excluding carboxylic acids is 5. The Hall–Kier alpha value is -5.55. The number of carbonyl (C=O) groups is 5. The molecule has 0 radical (unpaired) electrons. The van der Waals surface area contributed by atoms with Crippen LogP contribution in [0.15, 0.2) is 65.0 Å². The third-order valence-electron chi connectivity index (χ3n) is 11.7. The van der Waals surface area contributed by atoms with Crippen molar-refractivity contribution < 1.29 is 73.2 Å². The Morgan fingerprint density at radius 2 is 1.66 bits per heavy atom. The Labute approximate surface area is 320 Å². The molecule has 2 aromatic rings. The minimum absolute atomic E-state index is 0.105. The van der Waals surface area contributed by atoms with Crippen molar-refractivity contribution in [3.05, 3.63) is 87.2 Å². The first-order valence-electron chi connectivity index (χ1n) is 17.8. The van der Waals surface area contributed by atoms with Gasteiger partial charge in [0.2, 0.25) is 11.6 Å². The van der Waals surface area contributed by atoms with Crippen molar-refractivity contribution in [2.24, 2.45) is 17.6 Å². The maximum absolute atomic E-state index is 15.0. The minimum Gasteiger partial charge on any atom is -0.508 e. The fourth-order valence-corrected chi connectivity index (χ4v) is 8.49. The van der Waals surface area contributed by atoms with Crippen LogP contribution in [0.2, 0.25) is 0 Å². The number of phenolic OH excluding ortho intramolecular Hbond substituents is 2. The Bertz CT molecular complexity index is 2120. The zero-order valence-corrected chi connectivity index (χ0v) is 31.4. The molecule has 9 atom stereocenters. The number of para-hydroxylation sites is 1. The first-order valence-corrected chi connectivity index (χ1v) is 17.8. The number of allylic oxidation sites excluding steroid dienone is 1. The fraction of sp³-hybridized carbons (Fsp3) is 0.425. The van der Waals surface area contributed by atoms with Crippen LogP contribution in [0.1, 0.15) is 73.7 Å². The molecule has 0 unspecified atom stereocenters. The number of esters is 2. The molecule has 0 spiro atoms. The third kappa shape index (κ3) is 5.86. The van der Waals surface area contributed by atoms with Gasteiger partial charge < -0.3 is 55.0 Å². The summed E-state index contributed by atoms with van der Waals surface area (Å²) < 4.78 is 29.0. The van der Waals surface area contributed by atoms with E-state index < -0.39 is 117 Å². The molecule has 1 aliphatic heterocycles. The SMILES string of the molecule is C/C=C(\C)C(=O)O[C@H]1[C@H](O)C[C@H](c2ccc3c(c2O)C(O)=C2C(=O)[C@@]4(OC)C(O)=C(C(N)=O)C(=O)[C@H](OC(=O)c5ccccc5O)[C@H]4C[C@H]2[C@@]3(C)OC)O[C@H]1C. The van der Waals surface area contributed by atoms with Gasteiger partial charge in [0.15, 0.2) is 17.8 Å². The molecule has 1 saturated heterocycles. The number of nitrogens with two attached hydrogens (primary N) is 1. The summed E-state index contributed by atoms with van der Waals surface area (Å²) >= 11 is 0. The van der Waals surface area contributed by atoms with Gasteiger partial charge in [0, 0.05) is 49.2 Å². The van der Waals surface area contributed by atoms with Crippen LogP contribution in [0.4, 0.5) is 0 Å². The summed E-state index contributed by atoms with van der Waals surface area (Å²) in [7, 11) is 2.33. The molecule has 16 heteroatoms. The van der Waals surface area contributed by atoms with Gasteiger partial charge in [-0.3, -0.25) is 14.4 Å². The van der Waals surface area contributed by atoms with E-state index >= 15 is 0 Å². The summed E-state index contributed by atoms with van der Waals surface area (Å²) in [6, 6.07) is 8.34. The van der Waals surface area contributed by atoms with E-state index in [4.69, 9.17) is 29.4 Å². The highest BCUT2D eigenvalue weighted by atomic mass is 16.6. The smallest absolute Gasteiger partial charge is 0.342 e. The summed E-state index contributed by atoms with van der Waals surface area (Å²) in [6.07, 6.45) is -4.99. The van der Waals surface area contributed by atoms with Gasteiger partial charge in [-0.2, -0.15) is 0 Å². The molecule has 1 amide bonds. The molecule has 0 bridgehead atoms. The van der Waals surface area contributed by atoms with Crippen LogP contribution in [0.5, 0.6) is 11.5 Å². The van der Waals surface area contributed by atoms with Gasteiger partial charge in [-0.15, -0.1) is 0 Å². The van der Waals surface area contributed by atoms with Crippen LogP contribution in [-0.4, -0.2) is 99.2 Å². The number of Topliss-reactive ketones (excluding diaryl/α,β-unsaturated/α-hetero) is 2. The number of hydrogen-bond acceptors (Lipinski definition) is 15. The van der Waals surface area contributed by atoms with Gasteiger partial charge in [-0.25, -0.2) is 9.59 Å². The van der Waals surface area contributed by atoms with Crippen molar-refractivity contribution in [1.82, 2.24) is 0 Å². The lowest BCUT2D eigenvalue weighted by Gasteiger charge is -2.53. The predicted octanol–water partition coefficient (Wildman–Crippen LogP) is 3.03. The summed E-state index contributed by atoms with van der Waals surface area (Å²) in [5, 5.41) is 56.9. The zero-order valence-electron chi connectivity index (χ0n) is 31.4. The van der Waals surface area contributed by atoms with Crippen molar-refractivity contribution in [3.63, 3.8) is 0 Å². The number of phenols is 2. The van der Waals surface area contributed by atoms with Gasteiger partial charge in [0.05, 0.1) is 29.5 Å². The lowest BCUT2D eigenvalue weighted by molar-refractivity contribution is -0.191. The quantitative estimate of drug-likeness (QED) is 0.128. The van der Waals surface area contributed by atoms with Crippen LogP contribution >= 0.6 is 0 Å². The predicted molar refractivity (Wildman–Crippen MR) is 193 cm³/mol. The highest BCUT2D eigenvalue weighted by molar-refractivity contribution is 6.24. The molecule has 2 fully saturated rings. The Balaban J connectivity index is 1.47. The molecule has 7 N–H and O–H groups in total. The van der Waals surface area contributed by atoms with Crippen LogP contribution < -0.4 is 5.73 Å². The zero-order chi connectivity index (χ0) is 41.2. The van der Waals surface area contributed by atoms with Crippen LogP contribution in [0, 0.1) is 11.8 Å². The average molecular weight is 778 g/mol. The highest BCUT2D eigenvalue weighted by Crippen LogP contribution is 2.60. The topological polar surface area (TPSA) is 259 Å². The van der Waals surface area contributed by atoms with Gasteiger partial charge in [-0.1, -0.05) is 30.3 Å². The Kier molecular flexibility index (Phi) is 10.4. The van der Waals surface area contributed by atoms with Gasteiger partial charge in [-0.05, 0) is 51.8 Å². The van der Waals surface area contributed by atoms with E-state index in [1.165, 1.54) is 43.5 Å². The summed E-state index contributed by atoms with van der Waals surface area (Å²) in [5.74, 6) is -11.3. The number of methoxy groups -OCH3 is 2. The highest BCUT2D eigenvalue weighted by Gasteiger charge is 2.68. The van der Waals surface area contributed by atoms with Crippen molar-refractivity contribution in [3.8, 4) is 11.5 Å². The summed E-state index contributed by atoms with van der Waals surface area (Å²) in [6.45, 7) is 6.39. The minimum atomic E-state index is -2.63. The van der Waals surface area contributed by atoms with E-state index in [-0.39, 0.29) is 35.1 Å². The summed E-state index contributed by atoms with van der Waals surface area (Å²) in [5.41, 5.74) is -0.104. The van der Waals surface area contributed by atoms with Crippen molar-refractivity contribution in [1.29, 1.82) is 0 Å². The standard InChI is InChI=1S/C40H43NO15/c1-7-16(2)37(50)55-32-17(3)54-25(15-24(32)43)19-12-13-20-26(29(19)44)30(45)27-21(39(20,4)52-5)14-22-33(56-38(51)18-10-8-9-11-23(18)42)31(46)28(36(41)49)35(48)40(22,53-6)34(27)47/h7-13,17,21-22,24-25,32-33,42-45,48H,14-15H2,1-6H3,(H2,41,49)/b16-7+/t17-,21+,22+,24+,25+,32+,33+,39-,40+/m0/s1. The monoisotopic (exact) mass is 777 g/mol. The molecule has 2 aromatic carbocycles. The lowest BCUT2D eigenvalue weighted by Crippen LogP contribution is -2.66. The van der Waals surface area contributed by atoms with E-state index in [9.17, 15) is 49.5 Å². The third-order valence-corrected chi connectivity index (χ3v) is 11.7. The number of ether oxygens (including phenoxy) is 5. The Morgan fingerprint density at radius 1 is 0.982 bits per heavy atom. The number of primary amides is 1. The van der Waals surface area contributed by atoms with Gasteiger partial charge in [0.1, 0.15) is 34.2 Å². The van der Waals surface area contributed by atoms with Crippen molar-refractivity contribution in [2.75, 3.05) is 14.2 Å². The second-order valence-corrected chi connectivity index (χ2v) is 14.4. The van der Waals surface area contributed by atoms with E-state index in [0.29, 0.717) is 5.57 Å². The maximum Gasteiger partial charge on any atom is 0.342 e. The van der Waals surface area contributed by atoms with Crippen LogP contribution in [0.25, 0.3) is 5.76 Å². The normalized spacial score (nSPS) is 31.6. The maximum atomic E-state index is 15.0. The molecule has 0 aromatic heterocycles. The average Bonchev–Trinajstić information content (AvgIpc) is 3.16. The molecule has 56 heavy (non-hydrogen) atoms. The van der Waals surface area contributed by atoms with Crippen LogP contribution in [0.3, 0.4) is 0 Å². The second kappa shape index (κ2) is 14.5. The first-order chi connectivity index (χ1) is 26.4. The number of aliphatic hydroxyl groups is 3. The molecule has 3 aliphatic carbocycles. The second-order valence-electron chi connectivity index (χ2n) is 14.4. The molecule has 4 aliphatic rings. The molecular weight excluding hydrogens is 734 g/mol. The number of benzene rings is 2. The number of aromatic hydroxyl groups is 2. The molecule has 6 rings (SSSR count). The Morgan fingerprint density at radius 3 is 2.25 bits per heavy atom. The molecular formula is C40H43NO15. The lowest BCUT2D eigenvalue weighted by atomic mass is 9.55. The number of fused-ring (bicyclic) bond motifs is 3. The number of ketones is 2. The van der Waals surface area contributed by atoms with Crippen LogP contribution in [-0.2, 0) is 48.5 Å². The van der Waals surface area contributed by atoms with E-state index in [0.717, 1.165) is 7.11 Å². The molecule has 1 saturated carbocycles. The molecule has 16 nitrogen and oxygen atoms in total. The van der Waals surface area contributed by atoms with Gasteiger partial charge >= 0.3 is 11.9 Å². The summed E-state index contributed by atoms with van der Waals surface area (Å²) in [4.78, 5) is 67.4. The number of rotatable bonds is 8. The van der Waals surface area contributed by atoms with Crippen molar-refractivity contribution >= 4 is 35.2 Å². The first kappa shape index (κ1) is 40.1. The van der Waals surface area contributed by atoms with E-state index in [2.05, 4.69) is 0 Å². The number of aliphatic hydroxyl groups excluding tert-OH is 3. The molecule has 1 heterocycles. The van der Waals surface area contributed by atoms with Gasteiger partial charge in [0.25, 0.3) is 5.91 Å². The fourth-order valence-electron chi connectivity index (χ4n) is 8.49. The van der Waals surface area contributed by atoms with E-state index in [1.807, 2.05) is 0 Å². The number of amides is 1. The van der Waals surface area contributed by atoms with Crippen molar-refractivity contribution in [2.45, 2.75) is 82.3 Å². The molecule has 298 valence electrons. The number of hydrogen-bond donors (Lipinski definition) is 6. The van der Waals surface area contributed by atoms with E-state index in [1.54, 1.807) is 33.8 Å².